The summed E-state index contributed by atoms with van der Waals surface area (Å²) in [5, 5.41) is 4.74. The average molecular weight is 374 g/mol. The number of aromatic nitrogens is 1. The second-order valence-electron chi connectivity index (χ2n) is 8.10. The van der Waals surface area contributed by atoms with Crippen molar-refractivity contribution in [2.45, 2.75) is 45.4 Å². The summed E-state index contributed by atoms with van der Waals surface area (Å²) < 4.78 is 0. The number of aryl methyl sites for hydroxylation is 1. The van der Waals surface area contributed by atoms with E-state index in [9.17, 15) is 0 Å². The summed E-state index contributed by atoms with van der Waals surface area (Å²) in [5.41, 5.74) is 6.01. The molecule has 1 aromatic heterocycles. The summed E-state index contributed by atoms with van der Waals surface area (Å²) in [6.07, 6.45) is 7.06. The van der Waals surface area contributed by atoms with Crippen LogP contribution in [0.4, 0.5) is 11.4 Å². The van der Waals surface area contributed by atoms with Crippen molar-refractivity contribution in [2.24, 2.45) is 0 Å². The smallest absolute Gasteiger partial charge is 0.0725 e. The average Bonchev–Trinajstić information content (AvgIpc) is 2.73. The van der Waals surface area contributed by atoms with E-state index in [-0.39, 0.29) is 0 Å². The first-order valence-corrected chi connectivity index (χ1v) is 10.7. The Kier molecular flexibility index (Phi) is 5.92. The Morgan fingerprint density at radius 3 is 2.57 bits per heavy atom. The van der Waals surface area contributed by atoms with E-state index < -0.39 is 0 Å². The first kappa shape index (κ1) is 18.9. The number of piperidine rings is 1. The van der Waals surface area contributed by atoms with E-state index in [0.717, 1.165) is 22.3 Å². The van der Waals surface area contributed by atoms with Gasteiger partial charge in [-0.2, -0.15) is 0 Å². The van der Waals surface area contributed by atoms with E-state index >= 15 is 0 Å². The van der Waals surface area contributed by atoms with Gasteiger partial charge in [0.15, 0.2) is 0 Å². The Morgan fingerprint density at radius 1 is 1.04 bits per heavy atom. The zero-order chi connectivity index (χ0) is 19.3. The fraction of sp³-hybridized carbons (Fsp3) is 0.400. The molecule has 1 saturated heterocycles. The van der Waals surface area contributed by atoms with E-state index in [1.165, 1.54) is 56.4 Å². The molecule has 0 amide bonds. The highest BCUT2D eigenvalue weighted by Gasteiger charge is 2.20. The van der Waals surface area contributed by atoms with Gasteiger partial charge in [-0.15, -0.1) is 0 Å². The summed E-state index contributed by atoms with van der Waals surface area (Å²) in [5.74, 6) is 0.705. The van der Waals surface area contributed by atoms with Crippen LogP contribution in [0.2, 0.25) is 0 Å². The molecule has 0 atom stereocenters. The van der Waals surface area contributed by atoms with Crippen LogP contribution >= 0.6 is 0 Å². The van der Waals surface area contributed by atoms with Gasteiger partial charge in [-0.3, -0.25) is 4.98 Å². The summed E-state index contributed by atoms with van der Waals surface area (Å²) in [7, 11) is 0. The van der Waals surface area contributed by atoms with Crippen LogP contribution in [-0.4, -0.2) is 29.5 Å². The van der Waals surface area contributed by atoms with Crippen molar-refractivity contribution in [1.29, 1.82) is 0 Å². The number of anilines is 2. The molecule has 3 aromatic rings. The summed E-state index contributed by atoms with van der Waals surface area (Å²) in [6.45, 7) is 8.14. The second-order valence-corrected chi connectivity index (χ2v) is 8.10. The lowest BCUT2D eigenvalue weighted by molar-refractivity contribution is 0.209. The molecule has 0 radical (unpaired) electrons. The molecule has 0 spiro atoms. The van der Waals surface area contributed by atoms with Gasteiger partial charge >= 0.3 is 0 Å². The highest BCUT2D eigenvalue weighted by molar-refractivity contribution is 5.93. The lowest BCUT2D eigenvalue weighted by Gasteiger charge is -2.32. The van der Waals surface area contributed by atoms with Gasteiger partial charge in [-0.1, -0.05) is 37.6 Å². The van der Waals surface area contributed by atoms with Crippen molar-refractivity contribution in [3.05, 3.63) is 65.9 Å². The minimum absolute atomic E-state index is 0.705. The third-order valence-electron chi connectivity index (χ3n) is 5.97. The minimum atomic E-state index is 0.705. The number of likely N-dealkylation sites (tertiary alicyclic amines) is 1. The quantitative estimate of drug-likeness (QED) is 0.552. The Balaban J connectivity index is 1.42. The molecular formula is C25H31N3. The standard InChI is InChI=1S/C25H31N3/c1-3-4-15-28-16-12-21(13-17-28)20-6-8-22(9-7-20)27-24-11-14-26-25-18-19(2)5-10-23(24)25/h5-11,14,18,21H,3-4,12-13,15-17H2,1-2H3,(H,26,27). The van der Waals surface area contributed by atoms with Crippen LogP contribution in [0.5, 0.6) is 0 Å². The second kappa shape index (κ2) is 8.74. The minimum Gasteiger partial charge on any atom is -0.355 e. The first-order valence-electron chi connectivity index (χ1n) is 10.7. The number of hydrogen-bond donors (Lipinski definition) is 1. The van der Waals surface area contributed by atoms with Crippen molar-refractivity contribution in [1.82, 2.24) is 9.88 Å². The molecule has 1 fully saturated rings. The molecule has 0 unspecified atom stereocenters. The summed E-state index contributed by atoms with van der Waals surface area (Å²) >= 11 is 0. The Morgan fingerprint density at radius 2 is 1.82 bits per heavy atom. The van der Waals surface area contributed by atoms with Crippen molar-refractivity contribution in [2.75, 3.05) is 25.0 Å². The summed E-state index contributed by atoms with van der Waals surface area (Å²) in [6, 6.07) is 17.5. The monoisotopic (exact) mass is 373 g/mol. The van der Waals surface area contributed by atoms with Crippen LogP contribution in [0.1, 0.15) is 49.7 Å². The Hall–Kier alpha value is -2.39. The number of unbranched alkanes of at least 4 members (excludes halogenated alkanes) is 1. The largest absolute Gasteiger partial charge is 0.355 e. The molecule has 2 aromatic carbocycles. The lowest BCUT2D eigenvalue weighted by Crippen LogP contribution is -2.33. The van der Waals surface area contributed by atoms with E-state index in [0.29, 0.717) is 5.92 Å². The molecule has 1 aliphatic rings. The molecule has 0 bridgehead atoms. The summed E-state index contributed by atoms with van der Waals surface area (Å²) in [4.78, 5) is 7.13. The maximum Gasteiger partial charge on any atom is 0.0725 e. The fourth-order valence-corrected chi connectivity index (χ4v) is 4.23. The number of nitrogens with one attached hydrogen (secondary N) is 1. The van der Waals surface area contributed by atoms with Gasteiger partial charge in [0.1, 0.15) is 0 Å². The molecule has 3 heteroatoms. The highest BCUT2D eigenvalue weighted by atomic mass is 15.1. The topological polar surface area (TPSA) is 28.2 Å². The van der Waals surface area contributed by atoms with Crippen LogP contribution in [-0.2, 0) is 0 Å². The van der Waals surface area contributed by atoms with E-state index in [1.54, 1.807) is 0 Å². The molecule has 2 heterocycles. The predicted octanol–water partition coefficient (Wildman–Crippen LogP) is 6.27. The van der Waals surface area contributed by atoms with E-state index in [2.05, 4.69) is 77.6 Å². The van der Waals surface area contributed by atoms with Gasteiger partial charge in [-0.25, -0.2) is 0 Å². The normalized spacial score (nSPS) is 15.8. The molecule has 28 heavy (non-hydrogen) atoms. The number of fused-ring (bicyclic) bond motifs is 1. The lowest BCUT2D eigenvalue weighted by atomic mass is 9.89. The number of nitrogens with zero attached hydrogens (tertiary/aromatic N) is 2. The maximum absolute atomic E-state index is 4.50. The van der Waals surface area contributed by atoms with Crippen LogP contribution < -0.4 is 5.32 Å². The number of pyridine rings is 1. The molecule has 1 N–H and O–H groups in total. The number of rotatable bonds is 6. The highest BCUT2D eigenvalue weighted by Crippen LogP contribution is 2.30. The van der Waals surface area contributed by atoms with Crippen LogP contribution in [0.15, 0.2) is 54.7 Å². The number of benzene rings is 2. The van der Waals surface area contributed by atoms with Crippen molar-refractivity contribution in [3.8, 4) is 0 Å². The molecule has 3 nitrogen and oxygen atoms in total. The zero-order valence-electron chi connectivity index (χ0n) is 17.1. The third kappa shape index (κ3) is 4.36. The van der Waals surface area contributed by atoms with Gasteiger partial charge in [0.05, 0.1) is 5.52 Å². The van der Waals surface area contributed by atoms with Gasteiger partial charge in [0.2, 0.25) is 0 Å². The van der Waals surface area contributed by atoms with Crippen molar-refractivity contribution < 1.29 is 0 Å². The number of hydrogen-bond acceptors (Lipinski definition) is 3. The Labute approximate surface area is 168 Å². The van der Waals surface area contributed by atoms with Gasteiger partial charge in [0.25, 0.3) is 0 Å². The molecular weight excluding hydrogens is 342 g/mol. The van der Waals surface area contributed by atoms with Gasteiger partial charge < -0.3 is 10.2 Å². The fourth-order valence-electron chi connectivity index (χ4n) is 4.23. The Bertz CT molecular complexity index is 909. The van der Waals surface area contributed by atoms with Crippen LogP contribution in [0.3, 0.4) is 0 Å². The molecule has 0 aliphatic carbocycles. The SMILES string of the molecule is CCCCN1CCC(c2ccc(Nc3ccnc4cc(C)ccc34)cc2)CC1. The maximum atomic E-state index is 4.50. The molecule has 0 saturated carbocycles. The van der Waals surface area contributed by atoms with E-state index in [1.807, 2.05) is 6.20 Å². The van der Waals surface area contributed by atoms with Crippen molar-refractivity contribution in [3.63, 3.8) is 0 Å². The zero-order valence-corrected chi connectivity index (χ0v) is 17.1. The van der Waals surface area contributed by atoms with Crippen LogP contribution in [0.25, 0.3) is 10.9 Å². The third-order valence-corrected chi connectivity index (χ3v) is 5.97. The van der Waals surface area contributed by atoms with Gasteiger partial charge in [-0.05, 0) is 87.1 Å². The van der Waals surface area contributed by atoms with Gasteiger partial charge in [0, 0.05) is 23.0 Å². The van der Waals surface area contributed by atoms with E-state index in [4.69, 9.17) is 0 Å². The molecule has 1 aliphatic heterocycles. The van der Waals surface area contributed by atoms with Crippen molar-refractivity contribution >= 4 is 22.3 Å². The first-order chi connectivity index (χ1) is 13.7. The van der Waals surface area contributed by atoms with Crippen LogP contribution in [0, 0.1) is 6.92 Å². The molecule has 146 valence electrons. The predicted molar refractivity (Wildman–Crippen MR) is 120 cm³/mol. The molecule has 4 rings (SSSR count).